The number of hydrogen-bond acceptors (Lipinski definition) is 2. The fraction of sp³-hybridized carbons (Fsp3) is 0.188. The quantitative estimate of drug-likeness (QED) is 0.664. The summed E-state index contributed by atoms with van der Waals surface area (Å²) in [6, 6.07) is 11.4. The molecule has 3 N–H and O–H groups in total. The van der Waals surface area contributed by atoms with E-state index in [1.165, 1.54) is 17.5 Å². The number of nitrogens with two attached hydrogens (primary N) is 1. The lowest BCUT2D eigenvalue weighted by molar-refractivity contribution is 0.482. The van der Waals surface area contributed by atoms with Gasteiger partial charge in [-0.15, -0.1) is 0 Å². The molecule has 0 saturated heterocycles. The minimum atomic E-state index is -0.0425. The van der Waals surface area contributed by atoms with Crippen molar-refractivity contribution in [2.75, 3.05) is 0 Å². The van der Waals surface area contributed by atoms with Gasteiger partial charge in [0.15, 0.2) is 0 Å². The van der Waals surface area contributed by atoms with E-state index in [0.29, 0.717) is 16.3 Å². The molecule has 0 amide bonds. The van der Waals surface area contributed by atoms with Crippen LogP contribution in [0.4, 0.5) is 0 Å². The van der Waals surface area contributed by atoms with Gasteiger partial charge in [-0.3, -0.25) is 5.41 Å². The van der Waals surface area contributed by atoms with Gasteiger partial charge in [0.1, 0.15) is 17.3 Å². The van der Waals surface area contributed by atoms with Crippen molar-refractivity contribution in [2.45, 2.75) is 19.3 Å². The normalized spacial score (nSPS) is 13.1. The number of nitrogen functional groups attached to an aromatic ring is 1. The fourth-order valence-corrected chi connectivity index (χ4v) is 2.80. The van der Waals surface area contributed by atoms with Gasteiger partial charge in [0, 0.05) is 11.6 Å². The highest BCUT2D eigenvalue weighted by Crippen LogP contribution is 2.30. The number of benzene rings is 2. The topological polar surface area (TPSA) is 59.1 Å². The van der Waals surface area contributed by atoms with Gasteiger partial charge < -0.3 is 10.5 Å². The average molecular weight is 287 g/mol. The molecule has 102 valence electrons. The van der Waals surface area contributed by atoms with Crippen LogP contribution >= 0.6 is 11.6 Å². The van der Waals surface area contributed by atoms with E-state index in [1.807, 2.05) is 6.07 Å². The van der Waals surface area contributed by atoms with Crippen LogP contribution in [0.1, 0.15) is 23.1 Å². The lowest BCUT2D eigenvalue weighted by atomic mass is 10.1. The molecule has 0 aliphatic heterocycles. The molecule has 0 unspecified atom stereocenters. The summed E-state index contributed by atoms with van der Waals surface area (Å²) in [6.45, 7) is 0. The molecule has 20 heavy (non-hydrogen) atoms. The van der Waals surface area contributed by atoms with Gasteiger partial charge in [-0.05, 0) is 54.7 Å². The highest BCUT2D eigenvalue weighted by molar-refractivity contribution is 6.34. The molecule has 0 bridgehead atoms. The number of nitrogens with one attached hydrogen (secondary N) is 1. The molecule has 4 heteroatoms. The number of ether oxygens (including phenoxy) is 1. The number of amidine groups is 1. The molecule has 0 spiro atoms. The molecule has 2 aromatic rings. The van der Waals surface area contributed by atoms with E-state index in [9.17, 15) is 0 Å². The Balaban J connectivity index is 1.84. The van der Waals surface area contributed by atoms with Crippen LogP contribution in [0.25, 0.3) is 0 Å². The summed E-state index contributed by atoms with van der Waals surface area (Å²) in [7, 11) is 0. The largest absolute Gasteiger partial charge is 0.457 e. The van der Waals surface area contributed by atoms with E-state index in [1.54, 1.807) is 18.2 Å². The molecule has 3 rings (SSSR count). The van der Waals surface area contributed by atoms with E-state index in [2.05, 4.69) is 12.1 Å². The average Bonchev–Trinajstić information content (AvgIpc) is 2.85. The van der Waals surface area contributed by atoms with E-state index in [-0.39, 0.29) is 5.84 Å². The van der Waals surface area contributed by atoms with E-state index in [0.717, 1.165) is 18.6 Å². The molecule has 0 heterocycles. The Hall–Kier alpha value is -2.00. The highest BCUT2D eigenvalue weighted by atomic mass is 35.5. The zero-order valence-electron chi connectivity index (χ0n) is 10.9. The Morgan fingerprint density at radius 3 is 2.50 bits per heavy atom. The second kappa shape index (κ2) is 5.17. The van der Waals surface area contributed by atoms with E-state index in [4.69, 9.17) is 27.5 Å². The molecule has 1 aliphatic rings. The first-order valence-electron chi connectivity index (χ1n) is 6.57. The maximum absolute atomic E-state index is 7.40. The van der Waals surface area contributed by atoms with Crippen LogP contribution in [0.3, 0.4) is 0 Å². The molecular formula is C16H15ClN2O. The third-order valence-corrected chi connectivity index (χ3v) is 3.85. The summed E-state index contributed by atoms with van der Waals surface area (Å²) in [5, 5.41) is 7.83. The van der Waals surface area contributed by atoms with Gasteiger partial charge in [0.05, 0.1) is 5.02 Å². The minimum Gasteiger partial charge on any atom is -0.457 e. The molecular weight excluding hydrogens is 272 g/mol. The first-order valence-corrected chi connectivity index (χ1v) is 6.95. The van der Waals surface area contributed by atoms with Crippen LogP contribution in [0.5, 0.6) is 11.5 Å². The van der Waals surface area contributed by atoms with E-state index >= 15 is 0 Å². The molecule has 0 fully saturated rings. The third kappa shape index (κ3) is 2.49. The zero-order valence-corrected chi connectivity index (χ0v) is 11.7. The molecule has 3 nitrogen and oxygen atoms in total. The first kappa shape index (κ1) is 13.0. The van der Waals surface area contributed by atoms with Gasteiger partial charge in [0.25, 0.3) is 0 Å². The molecule has 2 aromatic carbocycles. The van der Waals surface area contributed by atoms with Crippen molar-refractivity contribution in [1.82, 2.24) is 0 Å². The van der Waals surface area contributed by atoms with Crippen LogP contribution in [0.15, 0.2) is 36.4 Å². The first-order chi connectivity index (χ1) is 9.63. The third-order valence-electron chi connectivity index (χ3n) is 3.54. The molecule has 0 radical (unpaired) electrons. The monoisotopic (exact) mass is 286 g/mol. The van der Waals surface area contributed by atoms with Gasteiger partial charge in [-0.25, -0.2) is 0 Å². The summed E-state index contributed by atoms with van der Waals surface area (Å²) in [5.74, 6) is 1.43. The van der Waals surface area contributed by atoms with Gasteiger partial charge >= 0.3 is 0 Å². The Morgan fingerprint density at radius 1 is 1.05 bits per heavy atom. The van der Waals surface area contributed by atoms with Crippen molar-refractivity contribution in [3.8, 4) is 11.5 Å². The SMILES string of the molecule is N=C(N)c1ccc(Oc2ccc3c(c2)CCC3)cc1Cl. The van der Waals surface area contributed by atoms with Crippen LogP contribution < -0.4 is 10.5 Å². The number of halogens is 1. The van der Waals surface area contributed by atoms with Gasteiger partial charge in [-0.1, -0.05) is 17.7 Å². The molecule has 0 aromatic heterocycles. The van der Waals surface area contributed by atoms with Crippen molar-refractivity contribution >= 4 is 17.4 Å². The van der Waals surface area contributed by atoms with Crippen molar-refractivity contribution < 1.29 is 4.74 Å². The second-order valence-corrected chi connectivity index (χ2v) is 5.35. The number of rotatable bonds is 3. The molecule has 0 atom stereocenters. The van der Waals surface area contributed by atoms with Crippen LogP contribution in [-0.2, 0) is 12.8 Å². The minimum absolute atomic E-state index is 0.0425. The Bertz CT molecular complexity index is 682. The Kier molecular flexibility index (Phi) is 3.36. The predicted octanol–water partition coefficient (Wildman–Crippen LogP) is 3.91. The lowest BCUT2D eigenvalue weighted by Gasteiger charge is -2.09. The maximum atomic E-state index is 7.40. The summed E-state index contributed by atoms with van der Waals surface area (Å²) in [4.78, 5) is 0. The number of aryl methyl sites for hydroxylation is 2. The number of fused-ring (bicyclic) bond motifs is 1. The molecule has 0 saturated carbocycles. The lowest BCUT2D eigenvalue weighted by Crippen LogP contribution is -2.11. The summed E-state index contributed by atoms with van der Waals surface area (Å²) in [6.07, 6.45) is 3.50. The van der Waals surface area contributed by atoms with Crippen molar-refractivity contribution in [3.05, 3.63) is 58.1 Å². The summed E-state index contributed by atoms with van der Waals surface area (Å²) < 4.78 is 5.82. The predicted molar refractivity (Wildman–Crippen MR) is 81.0 cm³/mol. The second-order valence-electron chi connectivity index (χ2n) is 4.94. The van der Waals surface area contributed by atoms with Crippen molar-refractivity contribution in [1.29, 1.82) is 5.41 Å². The zero-order chi connectivity index (χ0) is 14.1. The highest BCUT2D eigenvalue weighted by Gasteiger charge is 2.12. The van der Waals surface area contributed by atoms with E-state index < -0.39 is 0 Å². The Labute approximate surface area is 122 Å². The smallest absolute Gasteiger partial charge is 0.128 e. The number of hydrogen-bond donors (Lipinski definition) is 2. The summed E-state index contributed by atoms with van der Waals surface area (Å²) >= 11 is 6.08. The van der Waals surface area contributed by atoms with Crippen molar-refractivity contribution in [3.63, 3.8) is 0 Å². The standard InChI is InChI=1S/C16H15ClN2O/c17-15-9-13(6-7-14(15)16(18)19)20-12-5-4-10-2-1-3-11(10)8-12/h4-9H,1-3H2,(H3,18,19). The van der Waals surface area contributed by atoms with Crippen LogP contribution in [0, 0.1) is 5.41 Å². The summed E-state index contributed by atoms with van der Waals surface area (Å²) in [5.41, 5.74) is 8.75. The van der Waals surface area contributed by atoms with Gasteiger partial charge in [-0.2, -0.15) is 0 Å². The van der Waals surface area contributed by atoms with Gasteiger partial charge in [0.2, 0.25) is 0 Å². The molecule has 1 aliphatic carbocycles. The van der Waals surface area contributed by atoms with Crippen LogP contribution in [0.2, 0.25) is 5.02 Å². The Morgan fingerprint density at radius 2 is 1.75 bits per heavy atom. The fourth-order valence-electron chi connectivity index (χ4n) is 2.53. The van der Waals surface area contributed by atoms with Crippen molar-refractivity contribution in [2.24, 2.45) is 5.73 Å². The van der Waals surface area contributed by atoms with Crippen LogP contribution in [-0.4, -0.2) is 5.84 Å². The maximum Gasteiger partial charge on any atom is 0.128 e.